The van der Waals surface area contributed by atoms with E-state index in [9.17, 15) is 20.1 Å². The lowest BCUT2D eigenvalue weighted by atomic mass is 9.37. The Labute approximate surface area is 144 Å². The van der Waals surface area contributed by atoms with Gasteiger partial charge in [0.2, 0.25) is 0 Å². The van der Waals surface area contributed by atoms with Gasteiger partial charge in [-0.2, -0.15) is 0 Å². The first-order chi connectivity index (χ1) is 11.1. The van der Waals surface area contributed by atoms with E-state index in [4.69, 9.17) is 0 Å². The second-order valence-electron chi connectivity index (χ2n) is 9.82. The van der Waals surface area contributed by atoms with Crippen molar-refractivity contribution in [2.45, 2.75) is 64.6 Å². The molecule has 0 saturated heterocycles. The van der Waals surface area contributed by atoms with Gasteiger partial charge in [0.1, 0.15) is 11.4 Å². The lowest BCUT2D eigenvalue weighted by molar-refractivity contribution is -0.210. The van der Waals surface area contributed by atoms with Crippen LogP contribution in [-0.2, 0) is 4.79 Å². The molecule has 0 aromatic rings. The molecule has 0 radical (unpaired) electrons. The second kappa shape index (κ2) is 4.72. The van der Waals surface area contributed by atoms with E-state index in [0.717, 1.165) is 25.7 Å². The van der Waals surface area contributed by atoms with Crippen molar-refractivity contribution in [1.29, 1.82) is 0 Å². The molecule has 4 unspecified atom stereocenters. The van der Waals surface area contributed by atoms with Gasteiger partial charge in [-0.25, -0.2) is 0 Å². The number of aliphatic hydroxyl groups excluding tert-OH is 2. The van der Waals surface area contributed by atoms with E-state index in [-0.39, 0.29) is 40.7 Å². The quantitative estimate of drug-likeness (QED) is 0.642. The molecule has 7 atom stereocenters. The lowest BCUT2D eigenvalue weighted by Crippen LogP contribution is -2.69. The highest BCUT2D eigenvalue weighted by molar-refractivity contribution is 5.91. The third kappa shape index (κ3) is 1.77. The lowest BCUT2D eigenvalue weighted by Gasteiger charge is -2.67. The topological polar surface area (TPSA) is 77.8 Å². The van der Waals surface area contributed by atoms with Gasteiger partial charge in [0.05, 0.1) is 18.6 Å². The Morgan fingerprint density at radius 2 is 1.92 bits per heavy atom. The molecular weight excluding hydrogens is 304 g/mol. The Balaban J connectivity index is 1.81. The van der Waals surface area contributed by atoms with Gasteiger partial charge in [-0.1, -0.05) is 32.9 Å². The summed E-state index contributed by atoms with van der Waals surface area (Å²) < 4.78 is 0. The molecule has 3 fully saturated rings. The molecule has 0 aliphatic heterocycles. The fourth-order valence-electron chi connectivity index (χ4n) is 7.21. The van der Waals surface area contributed by atoms with Gasteiger partial charge >= 0.3 is 0 Å². The van der Waals surface area contributed by atoms with Gasteiger partial charge in [-0.3, -0.25) is 4.79 Å². The normalized spacial score (nSPS) is 55.2. The van der Waals surface area contributed by atoms with Crippen molar-refractivity contribution in [1.82, 2.24) is 0 Å². The van der Waals surface area contributed by atoms with E-state index in [1.807, 2.05) is 6.08 Å². The first kappa shape index (κ1) is 16.7. The van der Waals surface area contributed by atoms with Crippen LogP contribution in [-0.4, -0.2) is 39.4 Å². The number of aliphatic hydroxyl groups is 3. The number of hydrogen-bond acceptors (Lipinski definition) is 4. The molecule has 5 aliphatic carbocycles. The van der Waals surface area contributed by atoms with Crippen LogP contribution in [0.25, 0.3) is 0 Å². The Bertz CT molecular complexity index is 611. The number of hydrogen-bond donors (Lipinski definition) is 3. The smallest absolute Gasteiger partial charge is 0.147 e. The maximum Gasteiger partial charge on any atom is 0.147 e. The zero-order valence-corrected chi connectivity index (χ0v) is 15.0. The number of ketones is 1. The van der Waals surface area contributed by atoms with Gasteiger partial charge in [-0.15, -0.1) is 0 Å². The summed E-state index contributed by atoms with van der Waals surface area (Å²) in [4.78, 5) is 13.4. The second-order valence-corrected chi connectivity index (χ2v) is 9.82. The highest BCUT2D eigenvalue weighted by atomic mass is 16.3. The molecule has 3 saturated carbocycles. The average Bonchev–Trinajstić information content (AvgIpc) is 2.51. The summed E-state index contributed by atoms with van der Waals surface area (Å²) in [5, 5.41) is 31.1. The maximum absolute atomic E-state index is 13.4. The molecule has 24 heavy (non-hydrogen) atoms. The van der Waals surface area contributed by atoms with Crippen molar-refractivity contribution in [3.05, 3.63) is 12.2 Å². The van der Waals surface area contributed by atoms with E-state index < -0.39 is 11.5 Å². The fraction of sp³-hybridized carbons (Fsp3) is 0.850. The van der Waals surface area contributed by atoms with Crippen LogP contribution in [0.2, 0.25) is 0 Å². The standard InChI is InChI=1S/C20H30O4/c1-17(2)13-5-9-19-8-4-12(20(24,10-19)11-21)15(23)16(19)18(13,3)7-6-14(17)22/h4,8,12-14,16,21-22,24H,5-7,9-11H2,1-3H3/t12?,13?,14-,16?,18-,19?,20-/m1/s1. The number of allylic oxidation sites excluding steroid dienone is 1. The minimum Gasteiger partial charge on any atom is -0.393 e. The first-order valence-electron chi connectivity index (χ1n) is 9.35. The molecule has 4 nitrogen and oxygen atoms in total. The maximum atomic E-state index is 13.4. The minimum absolute atomic E-state index is 0.0997. The Hall–Kier alpha value is -0.710. The number of carbonyl (C=O) groups excluding carboxylic acids is 1. The van der Waals surface area contributed by atoms with Crippen LogP contribution in [0.5, 0.6) is 0 Å². The predicted molar refractivity (Wildman–Crippen MR) is 90.1 cm³/mol. The van der Waals surface area contributed by atoms with E-state index >= 15 is 0 Å². The molecule has 3 N–H and O–H groups in total. The van der Waals surface area contributed by atoms with Gasteiger partial charge in [0.25, 0.3) is 0 Å². The van der Waals surface area contributed by atoms with Crippen molar-refractivity contribution < 1.29 is 20.1 Å². The highest BCUT2D eigenvalue weighted by Gasteiger charge is 2.69. The van der Waals surface area contributed by atoms with Crippen LogP contribution in [0.4, 0.5) is 0 Å². The summed E-state index contributed by atoms with van der Waals surface area (Å²) in [5.74, 6) is -0.264. The number of Topliss-reactive ketones (excluding diaryl/α,β-unsaturated/α-hetero) is 1. The molecule has 4 heteroatoms. The monoisotopic (exact) mass is 334 g/mol. The molecule has 0 aromatic carbocycles. The van der Waals surface area contributed by atoms with Crippen molar-refractivity contribution in [2.75, 3.05) is 6.61 Å². The summed E-state index contributed by atoms with van der Waals surface area (Å²) in [5.41, 5.74) is -1.96. The van der Waals surface area contributed by atoms with Gasteiger partial charge < -0.3 is 15.3 Å². The fourth-order valence-corrected chi connectivity index (χ4v) is 7.21. The van der Waals surface area contributed by atoms with E-state index in [1.54, 1.807) is 0 Å². The third-order valence-corrected chi connectivity index (χ3v) is 8.34. The zero-order valence-electron chi connectivity index (χ0n) is 15.0. The molecular formula is C20H30O4. The van der Waals surface area contributed by atoms with Crippen LogP contribution in [0.3, 0.4) is 0 Å². The predicted octanol–water partition coefficient (Wildman–Crippen LogP) is 2.07. The number of rotatable bonds is 1. The molecule has 5 rings (SSSR count). The summed E-state index contributed by atoms with van der Waals surface area (Å²) in [6.45, 7) is 6.17. The molecule has 1 spiro atoms. The SMILES string of the molecule is CC1(C)C2CCC34C=CC(C(=O)C3[C@]2(C)CC[C@H]1O)[C@](O)(CO)C4. The van der Waals surface area contributed by atoms with Crippen LogP contribution >= 0.6 is 0 Å². The Kier molecular flexibility index (Phi) is 3.29. The van der Waals surface area contributed by atoms with Crippen LogP contribution in [0.1, 0.15) is 52.9 Å². The van der Waals surface area contributed by atoms with Crippen LogP contribution in [0.15, 0.2) is 12.2 Å². The third-order valence-electron chi connectivity index (χ3n) is 8.34. The first-order valence-corrected chi connectivity index (χ1v) is 9.35. The Morgan fingerprint density at radius 1 is 1.21 bits per heavy atom. The van der Waals surface area contributed by atoms with Gasteiger partial charge in [-0.05, 0) is 48.9 Å². The summed E-state index contributed by atoms with van der Waals surface area (Å²) >= 11 is 0. The van der Waals surface area contributed by atoms with Crippen LogP contribution < -0.4 is 0 Å². The van der Waals surface area contributed by atoms with Crippen LogP contribution in [0, 0.1) is 34.0 Å². The summed E-state index contributed by atoms with van der Waals surface area (Å²) in [7, 11) is 0. The van der Waals surface area contributed by atoms with Gasteiger partial charge in [0.15, 0.2) is 0 Å². The summed E-state index contributed by atoms with van der Waals surface area (Å²) in [6.07, 6.45) is 7.60. The van der Waals surface area contributed by atoms with Crippen molar-refractivity contribution in [3.63, 3.8) is 0 Å². The minimum atomic E-state index is -1.30. The molecule has 134 valence electrons. The highest BCUT2D eigenvalue weighted by Crippen LogP contribution is 2.69. The van der Waals surface area contributed by atoms with Crippen molar-refractivity contribution in [3.8, 4) is 0 Å². The van der Waals surface area contributed by atoms with E-state index in [2.05, 4.69) is 26.8 Å². The Morgan fingerprint density at radius 3 is 2.58 bits per heavy atom. The average molecular weight is 334 g/mol. The molecule has 0 heterocycles. The van der Waals surface area contributed by atoms with Gasteiger partial charge in [0, 0.05) is 11.3 Å². The summed E-state index contributed by atoms with van der Waals surface area (Å²) in [6, 6.07) is 0. The zero-order chi connectivity index (χ0) is 17.5. The van der Waals surface area contributed by atoms with E-state index in [0.29, 0.717) is 12.3 Å². The van der Waals surface area contributed by atoms with Crippen molar-refractivity contribution >= 4 is 5.78 Å². The largest absolute Gasteiger partial charge is 0.393 e. The molecule has 5 aliphatic rings. The van der Waals surface area contributed by atoms with E-state index in [1.165, 1.54) is 0 Å². The molecule has 0 aromatic heterocycles. The number of carbonyl (C=O) groups is 1. The van der Waals surface area contributed by atoms with Crippen molar-refractivity contribution in [2.24, 2.45) is 34.0 Å². The number of fused-ring (bicyclic) bond motifs is 2. The molecule has 2 bridgehead atoms. The molecule has 0 amide bonds.